The van der Waals surface area contributed by atoms with Gasteiger partial charge in [0.25, 0.3) is 0 Å². The van der Waals surface area contributed by atoms with Crippen molar-refractivity contribution in [3.63, 3.8) is 0 Å². The quantitative estimate of drug-likeness (QED) is 0.856. The second-order valence-corrected chi connectivity index (χ2v) is 5.62. The highest BCUT2D eigenvalue weighted by Gasteiger charge is 2.16. The van der Waals surface area contributed by atoms with Gasteiger partial charge in [-0.3, -0.25) is 4.90 Å². The third-order valence-corrected chi connectivity index (χ3v) is 3.52. The minimum absolute atomic E-state index is 0.382. The van der Waals surface area contributed by atoms with E-state index < -0.39 is 0 Å². The summed E-state index contributed by atoms with van der Waals surface area (Å²) in [6.07, 6.45) is 4.31. The highest BCUT2D eigenvalue weighted by molar-refractivity contribution is 4.86. The molecule has 0 saturated carbocycles. The van der Waals surface area contributed by atoms with Crippen LogP contribution >= 0.6 is 0 Å². The van der Waals surface area contributed by atoms with Crippen molar-refractivity contribution < 1.29 is 0 Å². The van der Waals surface area contributed by atoms with Gasteiger partial charge in [-0.2, -0.15) is 5.10 Å². The molecule has 0 spiro atoms. The lowest BCUT2D eigenvalue weighted by Gasteiger charge is -2.27. The number of rotatable bonds is 5. The van der Waals surface area contributed by atoms with Crippen LogP contribution < -0.4 is 5.32 Å². The number of piperidine rings is 1. The van der Waals surface area contributed by atoms with Crippen molar-refractivity contribution in [1.82, 2.24) is 25.0 Å². The molecule has 0 amide bonds. The van der Waals surface area contributed by atoms with Gasteiger partial charge in [-0.15, -0.1) is 0 Å². The predicted octanol–water partition coefficient (Wildman–Crippen LogP) is 1.29. The fourth-order valence-electron chi connectivity index (χ4n) is 2.65. The van der Waals surface area contributed by atoms with Gasteiger partial charge in [0.05, 0.1) is 6.54 Å². The first-order chi connectivity index (χ1) is 8.66. The van der Waals surface area contributed by atoms with Gasteiger partial charge in [-0.05, 0) is 52.7 Å². The Morgan fingerprint density at radius 3 is 3.06 bits per heavy atom. The summed E-state index contributed by atoms with van der Waals surface area (Å²) in [4.78, 5) is 6.73. The first-order valence-corrected chi connectivity index (χ1v) is 6.94. The molecule has 0 aliphatic carbocycles. The lowest BCUT2D eigenvalue weighted by molar-refractivity contribution is 0.229. The Labute approximate surface area is 110 Å². The van der Waals surface area contributed by atoms with E-state index in [0.717, 1.165) is 31.4 Å². The molecule has 102 valence electrons. The molecule has 0 radical (unpaired) electrons. The molecular weight excluding hydrogens is 226 g/mol. The van der Waals surface area contributed by atoms with Crippen molar-refractivity contribution in [2.45, 2.75) is 39.3 Å². The summed E-state index contributed by atoms with van der Waals surface area (Å²) < 4.78 is 2.01. The summed E-state index contributed by atoms with van der Waals surface area (Å²) in [6, 6.07) is 0.382. The van der Waals surface area contributed by atoms with Crippen LogP contribution in [0.1, 0.15) is 38.6 Å². The van der Waals surface area contributed by atoms with Crippen molar-refractivity contribution in [3.05, 3.63) is 12.2 Å². The maximum Gasteiger partial charge on any atom is 0.141 e. The van der Waals surface area contributed by atoms with Gasteiger partial charge in [0.2, 0.25) is 0 Å². The van der Waals surface area contributed by atoms with E-state index in [2.05, 4.69) is 41.2 Å². The molecule has 18 heavy (non-hydrogen) atoms. The van der Waals surface area contributed by atoms with Gasteiger partial charge in [0, 0.05) is 12.6 Å². The minimum Gasteiger partial charge on any atom is -0.316 e. The van der Waals surface area contributed by atoms with Crippen LogP contribution in [0.15, 0.2) is 6.33 Å². The van der Waals surface area contributed by atoms with Crippen molar-refractivity contribution >= 4 is 0 Å². The standard InChI is InChI=1S/C13H25N5/c1-11(2)18-13(15-10-16-18)9-17(3)8-12-5-4-6-14-7-12/h10-12,14H,4-9H2,1-3H3. The molecule has 1 N–H and O–H groups in total. The lowest BCUT2D eigenvalue weighted by atomic mass is 9.99. The average Bonchev–Trinajstić information content (AvgIpc) is 2.78. The Bertz CT molecular complexity index is 354. The summed E-state index contributed by atoms with van der Waals surface area (Å²) in [5.41, 5.74) is 0. The Hall–Kier alpha value is -0.940. The van der Waals surface area contributed by atoms with E-state index in [1.54, 1.807) is 6.33 Å². The number of hydrogen-bond acceptors (Lipinski definition) is 4. The minimum atomic E-state index is 0.382. The number of aromatic nitrogens is 3. The van der Waals surface area contributed by atoms with Crippen molar-refractivity contribution in [3.8, 4) is 0 Å². The maximum absolute atomic E-state index is 4.37. The zero-order chi connectivity index (χ0) is 13.0. The molecule has 1 aromatic rings. The molecule has 0 aromatic carbocycles. The van der Waals surface area contributed by atoms with Crippen LogP contribution in [0.2, 0.25) is 0 Å². The lowest BCUT2D eigenvalue weighted by Crippen LogP contribution is -2.37. The highest BCUT2D eigenvalue weighted by Crippen LogP contribution is 2.13. The number of hydrogen-bond donors (Lipinski definition) is 1. The van der Waals surface area contributed by atoms with Crippen molar-refractivity contribution in [2.75, 3.05) is 26.7 Å². The second kappa shape index (κ2) is 6.29. The molecule has 1 aliphatic rings. The van der Waals surface area contributed by atoms with Gasteiger partial charge >= 0.3 is 0 Å². The SMILES string of the molecule is CC(C)n1ncnc1CN(C)CC1CCCNC1. The summed E-state index contributed by atoms with van der Waals surface area (Å²) in [7, 11) is 2.17. The topological polar surface area (TPSA) is 46.0 Å². The van der Waals surface area contributed by atoms with E-state index in [1.807, 2.05) is 4.68 Å². The zero-order valence-electron chi connectivity index (χ0n) is 11.8. The molecule has 2 heterocycles. The first-order valence-electron chi connectivity index (χ1n) is 6.94. The third kappa shape index (κ3) is 3.53. The molecule has 2 rings (SSSR count). The molecule has 1 atom stereocenters. The monoisotopic (exact) mass is 251 g/mol. The summed E-state index contributed by atoms with van der Waals surface area (Å²) in [5.74, 6) is 1.84. The van der Waals surface area contributed by atoms with Crippen LogP contribution in [0.25, 0.3) is 0 Å². The van der Waals surface area contributed by atoms with E-state index in [9.17, 15) is 0 Å². The summed E-state index contributed by atoms with van der Waals surface area (Å²) in [6.45, 7) is 8.64. The summed E-state index contributed by atoms with van der Waals surface area (Å²) >= 11 is 0. The fourth-order valence-corrected chi connectivity index (χ4v) is 2.65. The van der Waals surface area contributed by atoms with Gasteiger partial charge in [-0.25, -0.2) is 9.67 Å². The first kappa shape index (κ1) is 13.5. The van der Waals surface area contributed by atoms with Crippen molar-refractivity contribution in [2.24, 2.45) is 5.92 Å². The molecule has 0 bridgehead atoms. The molecular formula is C13H25N5. The predicted molar refractivity (Wildman–Crippen MR) is 72.3 cm³/mol. The Morgan fingerprint density at radius 2 is 2.39 bits per heavy atom. The highest BCUT2D eigenvalue weighted by atomic mass is 15.4. The molecule has 1 fully saturated rings. The van der Waals surface area contributed by atoms with Crippen LogP contribution in [-0.2, 0) is 6.54 Å². The molecule has 5 heteroatoms. The zero-order valence-corrected chi connectivity index (χ0v) is 11.8. The smallest absolute Gasteiger partial charge is 0.141 e. The van der Waals surface area contributed by atoms with Crippen LogP contribution in [0, 0.1) is 5.92 Å². The maximum atomic E-state index is 4.37. The molecule has 5 nitrogen and oxygen atoms in total. The van der Waals surface area contributed by atoms with E-state index in [0.29, 0.717) is 6.04 Å². The van der Waals surface area contributed by atoms with E-state index in [1.165, 1.54) is 19.4 Å². The Morgan fingerprint density at radius 1 is 1.56 bits per heavy atom. The van der Waals surface area contributed by atoms with Gasteiger partial charge in [-0.1, -0.05) is 0 Å². The molecule has 1 saturated heterocycles. The van der Waals surface area contributed by atoms with Gasteiger partial charge < -0.3 is 5.32 Å². The molecule has 1 aromatic heterocycles. The van der Waals surface area contributed by atoms with Crippen LogP contribution in [0.5, 0.6) is 0 Å². The van der Waals surface area contributed by atoms with Crippen LogP contribution in [-0.4, -0.2) is 46.3 Å². The third-order valence-electron chi connectivity index (χ3n) is 3.52. The fraction of sp³-hybridized carbons (Fsp3) is 0.846. The van der Waals surface area contributed by atoms with E-state index >= 15 is 0 Å². The van der Waals surface area contributed by atoms with E-state index in [-0.39, 0.29) is 0 Å². The number of nitrogens with one attached hydrogen (secondary N) is 1. The average molecular weight is 251 g/mol. The van der Waals surface area contributed by atoms with E-state index in [4.69, 9.17) is 0 Å². The van der Waals surface area contributed by atoms with Crippen molar-refractivity contribution in [1.29, 1.82) is 0 Å². The van der Waals surface area contributed by atoms with Gasteiger partial charge in [0.15, 0.2) is 0 Å². The van der Waals surface area contributed by atoms with Crippen LogP contribution in [0.3, 0.4) is 0 Å². The van der Waals surface area contributed by atoms with Crippen LogP contribution in [0.4, 0.5) is 0 Å². The summed E-state index contributed by atoms with van der Waals surface area (Å²) in [5, 5.41) is 7.75. The van der Waals surface area contributed by atoms with Gasteiger partial charge in [0.1, 0.15) is 12.2 Å². The molecule has 1 aliphatic heterocycles. The Balaban J connectivity index is 1.86. The Kier molecular flexibility index (Phi) is 4.72. The normalized spacial score (nSPS) is 20.8. The molecule has 1 unspecified atom stereocenters. The largest absolute Gasteiger partial charge is 0.316 e. The second-order valence-electron chi connectivity index (χ2n) is 5.62. The number of nitrogens with zero attached hydrogens (tertiary/aromatic N) is 4.